The molecule has 25 heavy (non-hydrogen) atoms. The zero-order valence-corrected chi connectivity index (χ0v) is 15.0. The van der Waals surface area contributed by atoms with Gasteiger partial charge in [-0.15, -0.1) is 0 Å². The van der Waals surface area contributed by atoms with Gasteiger partial charge in [-0.3, -0.25) is 9.59 Å². The molecule has 2 amide bonds. The topological polar surface area (TPSA) is 84.0 Å². The Kier molecular flexibility index (Phi) is 5.33. The molecule has 0 bridgehead atoms. The zero-order chi connectivity index (χ0) is 17.8. The lowest BCUT2D eigenvalue weighted by Crippen LogP contribution is -2.24. The van der Waals surface area contributed by atoms with Crippen LogP contribution >= 0.6 is 11.8 Å². The predicted octanol–water partition coefficient (Wildman–Crippen LogP) is 3.41. The number of carbonyl (C=O) groups excluding carboxylic acids is 2. The highest BCUT2D eigenvalue weighted by Gasteiger charge is 2.27. The summed E-state index contributed by atoms with van der Waals surface area (Å²) in [6.45, 7) is 3.57. The van der Waals surface area contributed by atoms with Crippen LogP contribution in [0.5, 0.6) is 0 Å². The Bertz CT molecular complexity index is 792. The van der Waals surface area contributed by atoms with Gasteiger partial charge >= 0.3 is 0 Å². The van der Waals surface area contributed by atoms with Gasteiger partial charge in [-0.05, 0) is 29.7 Å². The van der Waals surface area contributed by atoms with Crippen molar-refractivity contribution in [3.63, 3.8) is 0 Å². The third-order valence-corrected chi connectivity index (χ3v) is 4.98. The van der Waals surface area contributed by atoms with Crippen LogP contribution in [-0.4, -0.2) is 27.5 Å². The molecule has 0 unspecified atom stereocenters. The maximum Gasteiger partial charge on any atom is 0.225 e. The molecule has 1 atom stereocenters. The summed E-state index contributed by atoms with van der Waals surface area (Å²) in [5.74, 6) is 0.703. The number of rotatable bonds is 5. The van der Waals surface area contributed by atoms with Gasteiger partial charge in [0, 0.05) is 48.8 Å². The first-order valence-corrected chi connectivity index (χ1v) is 9.21. The second kappa shape index (κ2) is 7.65. The van der Waals surface area contributed by atoms with E-state index in [9.17, 15) is 9.59 Å². The van der Waals surface area contributed by atoms with E-state index in [1.54, 1.807) is 30.2 Å². The number of hydrogen-bond donors (Lipinski definition) is 2. The number of carbonyl (C=O) groups is 2. The lowest BCUT2D eigenvalue weighted by Gasteiger charge is -2.26. The molecular formula is C18H20N4O2S. The largest absolute Gasteiger partial charge is 0.326 e. The maximum absolute atomic E-state index is 12.1. The Balaban J connectivity index is 1.88. The summed E-state index contributed by atoms with van der Waals surface area (Å²) in [5, 5.41) is 6.37. The third kappa shape index (κ3) is 4.17. The first-order valence-electron chi connectivity index (χ1n) is 8.23. The second-order valence-electron chi connectivity index (χ2n) is 5.94. The lowest BCUT2D eigenvalue weighted by molar-refractivity contribution is -0.116. The normalized spacial score (nSPS) is 16.1. The molecule has 0 radical (unpaired) electrons. The van der Waals surface area contributed by atoms with E-state index in [1.165, 1.54) is 6.92 Å². The van der Waals surface area contributed by atoms with Gasteiger partial charge in [-0.1, -0.05) is 24.8 Å². The third-order valence-electron chi connectivity index (χ3n) is 3.90. The van der Waals surface area contributed by atoms with Crippen LogP contribution in [0.15, 0.2) is 35.7 Å². The highest BCUT2D eigenvalue weighted by atomic mass is 32.2. The molecular weight excluding hydrogens is 336 g/mol. The number of amides is 2. The SMILES string of the molecule is CCCSc1ncc([C@H]2CC(=O)Nc3cc(NC(C)=O)ccc32)cn1. The van der Waals surface area contributed by atoms with Gasteiger partial charge in [0.15, 0.2) is 5.16 Å². The van der Waals surface area contributed by atoms with Gasteiger partial charge in [-0.25, -0.2) is 9.97 Å². The molecule has 130 valence electrons. The number of anilines is 2. The van der Waals surface area contributed by atoms with Crippen LogP contribution in [-0.2, 0) is 9.59 Å². The number of thioether (sulfide) groups is 1. The minimum atomic E-state index is -0.146. The van der Waals surface area contributed by atoms with Gasteiger partial charge in [0.1, 0.15) is 0 Å². The minimum absolute atomic E-state index is 0.0538. The number of nitrogens with one attached hydrogen (secondary N) is 2. The van der Waals surface area contributed by atoms with E-state index in [0.29, 0.717) is 12.1 Å². The molecule has 3 rings (SSSR count). The molecule has 0 saturated heterocycles. The molecule has 7 heteroatoms. The van der Waals surface area contributed by atoms with E-state index < -0.39 is 0 Å². The van der Waals surface area contributed by atoms with Crippen LogP contribution in [0.1, 0.15) is 43.7 Å². The van der Waals surface area contributed by atoms with Crippen LogP contribution in [0.4, 0.5) is 11.4 Å². The Labute approximate surface area is 150 Å². The van der Waals surface area contributed by atoms with Crippen molar-refractivity contribution in [2.24, 2.45) is 0 Å². The van der Waals surface area contributed by atoms with Crippen molar-refractivity contribution in [1.82, 2.24) is 9.97 Å². The molecule has 2 heterocycles. The first-order chi connectivity index (χ1) is 12.1. The van der Waals surface area contributed by atoms with Gasteiger partial charge in [0.2, 0.25) is 11.8 Å². The molecule has 2 N–H and O–H groups in total. The summed E-state index contributed by atoms with van der Waals surface area (Å²) in [5.41, 5.74) is 3.31. The Morgan fingerprint density at radius 3 is 2.80 bits per heavy atom. The molecule has 1 aliphatic heterocycles. The van der Waals surface area contributed by atoms with Crippen molar-refractivity contribution in [3.05, 3.63) is 41.7 Å². The fraction of sp³-hybridized carbons (Fsp3) is 0.333. The molecule has 1 aliphatic rings. The van der Waals surface area contributed by atoms with Gasteiger partial charge in [0.05, 0.1) is 0 Å². The van der Waals surface area contributed by atoms with Crippen molar-refractivity contribution < 1.29 is 9.59 Å². The summed E-state index contributed by atoms with van der Waals surface area (Å²) in [7, 11) is 0. The highest BCUT2D eigenvalue weighted by molar-refractivity contribution is 7.99. The molecule has 0 spiro atoms. The molecule has 6 nitrogen and oxygen atoms in total. The first kappa shape index (κ1) is 17.4. The van der Waals surface area contributed by atoms with Crippen LogP contribution in [0, 0.1) is 0 Å². The smallest absolute Gasteiger partial charge is 0.225 e. The molecule has 1 aromatic heterocycles. The molecule has 0 aliphatic carbocycles. The average Bonchev–Trinajstić information content (AvgIpc) is 2.59. The van der Waals surface area contributed by atoms with Crippen molar-refractivity contribution >= 4 is 35.0 Å². The number of nitrogens with zero attached hydrogens (tertiary/aromatic N) is 2. The lowest BCUT2D eigenvalue weighted by atomic mass is 9.86. The van der Waals surface area contributed by atoms with Crippen molar-refractivity contribution in [1.29, 1.82) is 0 Å². The summed E-state index contributed by atoms with van der Waals surface area (Å²) < 4.78 is 0. The molecule has 0 fully saturated rings. The van der Waals surface area contributed by atoms with Crippen LogP contribution in [0.25, 0.3) is 0 Å². The fourth-order valence-electron chi connectivity index (χ4n) is 2.82. The van der Waals surface area contributed by atoms with Gasteiger partial charge < -0.3 is 10.6 Å². The Morgan fingerprint density at radius 1 is 1.36 bits per heavy atom. The minimum Gasteiger partial charge on any atom is -0.326 e. The number of fused-ring (bicyclic) bond motifs is 1. The molecule has 1 aromatic carbocycles. The molecule has 0 saturated carbocycles. The van der Waals surface area contributed by atoms with Gasteiger partial charge in [0.25, 0.3) is 0 Å². The van der Waals surface area contributed by atoms with Crippen molar-refractivity contribution in [2.75, 3.05) is 16.4 Å². The zero-order valence-electron chi connectivity index (χ0n) is 14.2. The number of hydrogen-bond acceptors (Lipinski definition) is 5. The number of benzene rings is 1. The van der Waals surface area contributed by atoms with Gasteiger partial charge in [-0.2, -0.15) is 0 Å². The highest BCUT2D eigenvalue weighted by Crippen LogP contribution is 2.38. The second-order valence-corrected chi connectivity index (χ2v) is 7.00. The van der Waals surface area contributed by atoms with Crippen molar-refractivity contribution in [3.8, 4) is 0 Å². The summed E-state index contributed by atoms with van der Waals surface area (Å²) in [6, 6.07) is 5.56. The predicted molar refractivity (Wildman–Crippen MR) is 98.9 cm³/mol. The quantitative estimate of drug-likeness (QED) is 0.633. The van der Waals surface area contributed by atoms with E-state index in [2.05, 4.69) is 27.5 Å². The fourth-order valence-corrected chi connectivity index (χ4v) is 3.46. The van der Waals surface area contributed by atoms with Crippen LogP contribution in [0.2, 0.25) is 0 Å². The summed E-state index contributed by atoms with van der Waals surface area (Å²) in [4.78, 5) is 32.1. The number of aromatic nitrogens is 2. The Hall–Kier alpha value is -2.41. The summed E-state index contributed by atoms with van der Waals surface area (Å²) in [6.07, 6.45) is 5.04. The molecule has 2 aromatic rings. The van der Waals surface area contributed by atoms with E-state index in [4.69, 9.17) is 0 Å². The Morgan fingerprint density at radius 2 is 2.12 bits per heavy atom. The standard InChI is InChI=1S/C18H20N4O2S/c1-3-6-25-18-19-9-12(10-20-18)15-8-17(24)22-16-7-13(21-11(2)23)4-5-14(15)16/h4-5,7,9-10,15H,3,6,8H2,1-2H3,(H,21,23)(H,22,24)/t15-/m1/s1. The van der Waals surface area contributed by atoms with E-state index in [0.717, 1.165) is 34.1 Å². The average molecular weight is 356 g/mol. The van der Waals surface area contributed by atoms with E-state index >= 15 is 0 Å². The van der Waals surface area contributed by atoms with E-state index in [-0.39, 0.29) is 17.7 Å². The van der Waals surface area contributed by atoms with Crippen LogP contribution < -0.4 is 10.6 Å². The van der Waals surface area contributed by atoms with Crippen LogP contribution in [0.3, 0.4) is 0 Å². The summed E-state index contributed by atoms with van der Waals surface area (Å²) >= 11 is 1.63. The van der Waals surface area contributed by atoms with E-state index in [1.807, 2.05) is 12.1 Å². The maximum atomic E-state index is 12.1. The monoisotopic (exact) mass is 356 g/mol. The van der Waals surface area contributed by atoms with Crippen molar-refractivity contribution in [2.45, 2.75) is 37.8 Å².